The van der Waals surface area contributed by atoms with Gasteiger partial charge in [0, 0.05) is 6.54 Å². The van der Waals surface area contributed by atoms with Gasteiger partial charge in [-0.25, -0.2) is 17.9 Å². The van der Waals surface area contributed by atoms with Gasteiger partial charge in [0.15, 0.2) is 6.10 Å². The van der Waals surface area contributed by atoms with Crippen molar-refractivity contribution in [2.75, 3.05) is 6.54 Å². The lowest BCUT2D eigenvalue weighted by Gasteiger charge is -2.10. The highest BCUT2D eigenvalue weighted by atomic mass is 32.2. The van der Waals surface area contributed by atoms with E-state index in [2.05, 4.69) is 14.9 Å². The Morgan fingerprint density at radius 3 is 2.81 bits per heavy atom. The lowest BCUT2D eigenvalue weighted by Crippen LogP contribution is -2.23. The zero-order valence-electron chi connectivity index (χ0n) is 14.6. The smallest absolute Gasteiger partial charge is 0.338 e. The first-order chi connectivity index (χ1) is 12.9. The molecular weight excluding hydrogens is 390 g/mol. The minimum absolute atomic E-state index is 0.00998. The van der Waals surface area contributed by atoms with E-state index < -0.39 is 22.1 Å². The Bertz CT molecular complexity index is 1030. The molecule has 0 spiro atoms. The molecule has 0 saturated heterocycles. The van der Waals surface area contributed by atoms with Crippen molar-refractivity contribution >= 4 is 27.3 Å². The monoisotopic (exact) mass is 407 g/mol. The average Bonchev–Trinajstić information content (AvgIpc) is 3.33. The van der Waals surface area contributed by atoms with Crippen LogP contribution in [0.1, 0.15) is 36.2 Å². The molecule has 1 unspecified atom stereocenters. The lowest BCUT2D eigenvalue weighted by molar-refractivity contribution is 0.0279. The first-order valence-corrected chi connectivity index (χ1v) is 10.4. The summed E-state index contributed by atoms with van der Waals surface area (Å²) >= 11 is 1.45. The number of rotatable bonds is 7. The largest absolute Gasteiger partial charge is 0.449 e. The van der Waals surface area contributed by atoms with Gasteiger partial charge in [-0.2, -0.15) is 0 Å². The number of sulfonamides is 1. The Kier molecular flexibility index (Phi) is 5.68. The number of carbonyl (C=O) groups is 1. The minimum Gasteiger partial charge on any atom is -0.449 e. The van der Waals surface area contributed by atoms with Gasteiger partial charge in [-0.05, 0) is 36.6 Å². The molecule has 0 amide bonds. The number of aromatic nitrogens is 2. The number of nitrogens with one attached hydrogen (secondary N) is 1. The summed E-state index contributed by atoms with van der Waals surface area (Å²) in [6.45, 7) is 3.52. The van der Waals surface area contributed by atoms with Crippen LogP contribution in [0.4, 0.5) is 0 Å². The van der Waals surface area contributed by atoms with Gasteiger partial charge in [0.05, 0.1) is 15.3 Å². The quantitative estimate of drug-likeness (QED) is 0.599. The summed E-state index contributed by atoms with van der Waals surface area (Å²) in [7, 11) is -3.67. The van der Waals surface area contributed by atoms with E-state index >= 15 is 0 Å². The van der Waals surface area contributed by atoms with Gasteiger partial charge in [0.1, 0.15) is 0 Å². The standard InChI is InChI=1S/C17H17N3O5S2/c1-3-18-27(22,23)13-7-4-6-12(10-13)17(21)24-11(2)15-19-20-16(25-15)14-8-5-9-26-14/h4-11,18H,3H2,1-2H3. The molecule has 142 valence electrons. The van der Waals surface area contributed by atoms with Crippen LogP contribution in [0, 0.1) is 0 Å². The highest BCUT2D eigenvalue weighted by Crippen LogP contribution is 2.26. The summed E-state index contributed by atoms with van der Waals surface area (Å²) in [5.41, 5.74) is 0.110. The molecule has 0 aliphatic rings. The van der Waals surface area contributed by atoms with Gasteiger partial charge >= 0.3 is 5.97 Å². The van der Waals surface area contributed by atoms with Crippen LogP contribution in [0.2, 0.25) is 0 Å². The molecule has 0 aliphatic heterocycles. The van der Waals surface area contributed by atoms with E-state index in [4.69, 9.17) is 9.15 Å². The zero-order valence-corrected chi connectivity index (χ0v) is 16.2. The predicted molar refractivity (Wildman–Crippen MR) is 98.7 cm³/mol. The van der Waals surface area contributed by atoms with Crippen molar-refractivity contribution in [3.63, 3.8) is 0 Å². The van der Waals surface area contributed by atoms with Gasteiger partial charge in [-0.1, -0.05) is 19.1 Å². The molecule has 2 aromatic heterocycles. The fraction of sp³-hybridized carbons (Fsp3) is 0.235. The highest BCUT2D eigenvalue weighted by Gasteiger charge is 2.21. The van der Waals surface area contributed by atoms with Gasteiger partial charge in [0.25, 0.3) is 11.8 Å². The van der Waals surface area contributed by atoms with Crippen LogP contribution >= 0.6 is 11.3 Å². The second kappa shape index (κ2) is 7.99. The molecule has 0 aliphatic carbocycles. The first-order valence-electron chi connectivity index (χ1n) is 8.08. The number of thiophene rings is 1. The molecule has 2 heterocycles. The van der Waals surface area contributed by atoms with Gasteiger partial charge in [0.2, 0.25) is 10.0 Å². The number of hydrogen-bond donors (Lipinski definition) is 1. The summed E-state index contributed by atoms with van der Waals surface area (Å²) in [6.07, 6.45) is -0.784. The second-order valence-electron chi connectivity index (χ2n) is 5.50. The molecule has 27 heavy (non-hydrogen) atoms. The van der Waals surface area contributed by atoms with Crippen molar-refractivity contribution < 1.29 is 22.4 Å². The summed E-state index contributed by atoms with van der Waals surface area (Å²) in [6, 6.07) is 9.33. The topological polar surface area (TPSA) is 111 Å². The van der Waals surface area contributed by atoms with E-state index in [1.165, 1.54) is 35.6 Å². The molecule has 0 radical (unpaired) electrons. The van der Waals surface area contributed by atoms with Gasteiger partial charge < -0.3 is 9.15 Å². The molecule has 10 heteroatoms. The maximum absolute atomic E-state index is 12.4. The summed E-state index contributed by atoms with van der Waals surface area (Å²) in [5, 5.41) is 9.73. The van der Waals surface area contributed by atoms with Gasteiger partial charge in [-0.3, -0.25) is 0 Å². The molecule has 8 nitrogen and oxygen atoms in total. The molecular formula is C17H17N3O5S2. The zero-order chi connectivity index (χ0) is 19.4. The minimum atomic E-state index is -3.67. The Balaban J connectivity index is 1.74. The number of ether oxygens (including phenoxy) is 1. The summed E-state index contributed by atoms with van der Waals surface area (Å²) in [5.74, 6) is -0.184. The Labute approximate surface area is 160 Å². The normalized spacial score (nSPS) is 12.7. The van der Waals surface area contributed by atoms with E-state index in [1.54, 1.807) is 13.8 Å². The van der Waals surface area contributed by atoms with Crippen molar-refractivity contribution in [3.05, 3.63) is 53.2 Å². The Morgan fingerprint density at radius 1 is 1.30 bits per heavy atom. The third-order valence-electron chi connectivity index (χ3n) is 3.52. The molecule has 1 atom stereocenters. The fourth-order valence-corrected chi connectivity index (χ4v) is 3.97. The molecule has 3 aromatic rings. The number of hydrogen-bond acceptors (Lipinski definition) is 8. The van der Waals surface area contributed by atoms with Crippen LogP contribution < -0.4 is 4.72 Å². The number of nitrogens with zero attached hydrogens (tertiary/aromatic N) is 2. The third kappa shape index (κ3) is 4.41. The SMILES string of the molecule is CCNS(=O)(=O)c1cccc(C(=O)OC(C)c2nnc(-c3cccs3)o2)c1. The van der Waals surface area contributed by atoms with Crippen LogP contribution in [0.5, 0.6) is 0 Å². The van der Waals surface area contributed by atoms with Crippen LogP contribution in [0.15, 0.2) is 51.1 Å². The van der Waals surface area contributed by atoms with Crippen LogP contribution in [-0.4, -0.2) is 31.1 Å². The van der Waals surface area contributed by atoms with E-state index in [0.29, 0.717) is 5.89 Å². The van der Waals surface area contributed by atoms with Crippen molar-refractivity contribution in [2.45, 2.75) is 24.8 Å². The van der Waals surface area contributed by atoms with Crippen molar-refractivity contribution in [1.82, 2.24) is 14.9 Å². The maximum atomic E-state index is 12.4. The van der Waals surface area contributed by atoms with Crippen molar-refractivity contribution in [3.8, 4) is 10.8 Å². The third-order valence-corrected chi connectivity index (χ3v) is 5.92. The molecule has 1 aromatic carbocycles. The Morgan fingerprint density at radius 2 is 2.11 bits per heavy atom. The van der Waals surface area contributed by atoms with Crippen molar-refractivity contribution in [1.29, 1.82) is 0 Å². The van der Waals surface area contributed by atoms with E-state index in [0.717, 1.165) is 4.88 Å². The molecule has 0 bridgehead atoms. The van der Waals surface area contributed by atoms with Crippen LogP contribution in [0.3, 0.4) is 0 Å². The predicted octanol–water partition coefficient (Wildman–Crippen LogP) is 3.01. The average molecular weight is 407 g/mol. The number of esters is 1. The molecule has 0 fully saturated rings. The van der Waals surface area contributed by atoms with Crippen LogP contribution in [-0.2, 0) is 14.8 Å². The Hall–Kier alpha value is -2.56. The number of benzene rings is 1. The second-order valence-corrected chi connectivity index (χ2v) is 8.21. The maximum Gasteiger partial charge on any atom is 0.338 e. The summed E-state index contributed by atoms with van der Waals surface area (Å²) in [4.78, 5) is 13.2. The van der Waals surface area contributed by atoms with E-state index in [-0.39, 0.29) is 22.9 Å². The first kappa shape index (κ1) is 19.2. The number of carbonyl (C=O) groups excluding carboxylic acids is 1. The van der Waals surface area contributed by atoms with Crippen molar-refractivity contribution in [2.24, 2.45) is 0 Å². The van der Waals surface area contributed by atoms with E-state index in [1.807, 2.05) is 17.5 Å². The van der Waals surface area contributed by atoms with Crippen LogP contribution in [0.25, 0.3) is 10.8 Å². The molecule has 0 saturated carbocycles. The van der Waals surface area contributed by atoms with Gasteiger partial charge in [-0.15, -0.1) is 21.5 Å². The highest BCUT2D eigenvalue weighted by molar-refractivity contribution is 7.89. The fourth-order valence-electron chi connectivity index (χ4n) is 2.24. The molecule has 3 rings (SSSR count). The van der Waals surface area contributed by atoms with E-state index in [9.17, 15) is 13.2 Å². The molecule has 1 N–H and O–H groups in total. The lowest BCUT2D eigenvalue weighted by atomic mass is 10.2. The summed E-state index contributed by atoms with van der Waals surface area (Å²) < 4.78 is 37.4.